The van der Waals surface area contributed by atoms with Crippen LogP contribution < -0.4 is 10.1 Å². The molecule has 0 unspecified atom stereocenters. The van der Waals surface area contributed by atoms with Crippen LogP contribution in [-0.2, 0) is 0 Å². The van der Waals surface area contributed by atoms with Gasteiger partial charge in [-0.2, -0.15) is 0 Å². The third-order valence-corrected chi connectivity index (χ3v) is 3.32. The van der Waals surface area contributed by atoms with Crippen LogP contribution in [0.25, 0.3) is 0 Å². The second-order valence-electron chi connectivity index (χ2n) is 4.01. The van der Waals surface area contributed by atoms with Gasteiger partial charge in [0, 0.05) is 11.6 Å². The number of rotatable bonds is 3. The summed E-state index contributed by atoms with van der Waals surface area (Å²) in [5, 5.41) is 4.15. The van der Waals surface area contributed by atoms with E-state index in [1.54, 1.807) is 32.2 Å². The van der Waals surface area contributed by atoms with Gasteiger partial charge in [0.1, 0.15) is 22.5 Å². The first-order chi connectivity index (χ1) is 9.01. The normalized spacial score (nSPS) is 10.4. The highest BCUT2D eigenvalue weighted by molar-refractivity contribution is 6.33. The summed E-state index contributed by atoms with van der Waals surface area (Å²) in [7, 11) is 1.60. The van der Waals surface area contributed by atoms with Crippen LogP contribution in [0.15, 0.2) is 18.2 Å². The average Bonchev–Trinajstić information content (AvgIpc) is 2.38. The largest absolute Gasteiger partial charge is 0.497 e. The highest BCUT2D eigenvalue weighted by Gasteiger charge is 2.10. The van der Waals surface area contributed by atoms with Crippen LogP contribution in [0, 0.1) is 13.8 Å². The second-order valence-corrected chi connectivity index (χ2v) is 4.77. The minimum absolute atomic E-state index is 0.425. The van der Waals surface area contributed by atoms with Gasteiger partial charge in [0.05, 0.1) is 17.8 Å². The summed E-state index contributed by atoms with van der Waals surface area (Å²) >= 11 is 12.2. The first-order valence-corrected chi connectivity index (χ1v) is 6.38. The fourth-order valence-corrected chi connectivity index (χ4v) is 1.95. The maximum atomic E-state index is 6.14. The fraction of sp³-hybridized carbons (Fsp3) is 0.231. The average molecular weight is 298 g/mol. The molecule has 0 spiro atoms. The van der Waals surface area contributed by atoms with Gasteiger partial charge >= 0.3 is 0 Å². The zero-order chi connectivity index (χ0) is 14.0. The Morgan fingerprint density at radius 2 is 1.89 bits per heavy atom. The maximum Gasteiger partial charge on any atom is 0.138 e. The monoisotopic (exact) mass is 297 g/mol. The van der Waals surface area contributed by atoms with Gasteiger partial charge < -0.3 is 10.1 Å². The van der Waals surface area contributed by atoms with Crippen LogP contribution in [0.1, 0.15) is 11.4 Å². The lowest BCUT2D eigenvalue weighted by Crippen LogP contribution is -2.01. The molecular formula is C13H13Cl2N3O. The van der Waals surface area contributed by atoms with Crippen molar-refractivity contribution in [3.8, 4) is 5.75 Å². The molecule has 2 rings (SSSR count). The van der Waals surface area contributed by atoms with Crippen molar-refractivity contribution in [1.82, 2.24) is 9.97 Å². The molecule has 0 saturated carbocycles. The number of anilines is 2. The van der Waals surface area contributed by atoms with Crippen LogP contribution in [0.5, 0.6) is 5.75 Å². The van der Waals surface area contributed by atoms with Gasteiger partial charge in [-0.3, -0.25) is 0 Å². The molecule has 100 valence electrons. The fourth-order valence-electron chi connectivity index (χ4n) is 1.57. The molecule has 1 aromatic carbocycles. The van der Waals surface area contributed by atoms with E-state index in [0.717, 1.165) is 5.56 Å². The quantitative estimate of drug-likeness (QED) is 0.865. The summed E-state index contributed by atoms with van der Waals surface area (Å²) in [6.45, 7) is 3.63. The summed E-state index contributed by atoms with van der Waals surface area (Å²) in [4.78, 5) is 8.41. The van der Waals surface area contributed by atoms with E-state index in [1.807, 2.05) is 6.92 Å². The molecule has 4 nitrogen and oxygen atoms in total. The minimum Gasteiger partial charge on any atom is -0.497 e. The van der Waals surface area contributed by atoms with E-state index in [4.69, 9.17) is 27.9 Å². The molecule has 6 heteroatoms. The summed E-state index contributed by atoms with van der Waals surface area (Å²) in [6, 6.07) is 5.35. The highest BCUT2D eigenvalue weighted by Crippen LogP contribution is 2.31. The number of nitrogens with zero attached hydrogens (tertiary/aromatic N) is 2. The van der Waals surface area contributed by atoms with Crippen LogP contribution in [0.3, 0.4) is 0 Å². The van der Waals surface area contributed by atoms with Crippen molar-refractivity contribution in [1.29, 1.82) is 0 Å². The zero-order valence-electron chi connectivity index (χ0n) is 10.8. The Balaban J connectivity index is 2.41. The number of aryl methyl sites for hydroxylation is 1. The zero-order valence-corrected chi connectivity index (χ0v) is 12.3. The lowest BCUT2D eigenvalue weighted by atomic mass is 10.2. The molecular weight excluding hydrogens is 285 g/mol. The summed E-state index contributed by atoms with van der Waals surface area (Å²) in [6.07, 6.45) is 0. The number of halogens is 2. The molecule has 1 N–H and O–H groups in total. The topological polar surface area (TPSA) is 47.0 Å². The first-order valence-electron chi connectivity index (χ1n) is 5.62. The van der Waals surface area contributed by atoms with Crippen LogP contribution >= 0.6 is 23.2 Å². The molecule has 1 heterocycles. The van der Waals surface area contributed by atoms with E-state index in [2.05, 4.69) is 15.3 Å². The summed E-state index contributed by atoms with van der Waals surface area (Å²) < 4.78 is 5.17. The number of benzene rings is 1. The van der Waals surface area contributed by atoms with Gasteiger partial charge in [-0.1, -0.05) is 23.2 Å². The number of hydrogen-bond donors (Lipinski definition) is 1. The Labute approximate surface area is 121 Å². The van der Waals surface area contributed by atoms with Gasteiger partial charge in [-0.25, -0.2) is 9.97 Å². The van der Waals surface area contributed by atoms with Crippen molar-refractivity contribution in [2.45, 2.75) is 13.8 Å². The first kappa shape index (κ1) is 13.9. The molecule has 0 radical (unpaired) electrons. The van der Waals surface area contributed by atoms with Gasteiger partial charge in [0.25, 0.3) is 0 Å². The molecule has 0 aliphatic rings. The number of methoxy groups -OCH3 is 1. The van der Waals surface area contributed by atoms with E-state index in [1.165, 1.54) is 0 Å². The third-order valence-electron chi connectivity index (χ3n) is 2.62. The molecule has 0 bridgehead atoms. The summed E-state index contributed by atoms with van der Waals surface area (Å²) in [5.74, 6) is 1.94. The molecule has 0 aliphatic carbocycles. The molecule has 0 fully saturated rings. The highest BCUT2D eigenvalue weighted by atomic mass is 35.5. The predicted molar refractivity (Wildman–Crippen MR) is 77.8 cm³/mol. The van der Waals surface area contributed by atoms with E-state index < -0.39 is 0 Å². The Hall–Kier alpha value is -1.52. The molecule has 0 amide bonds. The van der Waals surface area contributed by atoms with Crippen molar-refractivity contribution < 1.29 is 4.74 Å². The van der Waals surface area contributed by atoms with Gasteiger partial charge in [-0.05, 0) is 26.0 Å². The van der Waals surface area contributed by atoms with Crippen molar-refractivity contribution in [3.63, 3.8) is 0 Å². The molecule has 0 aliphatic heterocycles. The SMILES string of the molecule is COc1ccc(Cl)c(Nc2nc(C)nc(Cl)c2C)c1. The summed E-state index contributed by atoms with van der Waals surface area (Å²) in [5.41, 5.74) is 1.48. The number of hydrogen-bond acceptors (Lipinski definition) is 4. The van der Waals surface area contributed by atoms with E-state index >= 15 is 0 Å². The van der Waals surface area contributed by atoms with Crippen molar-refractivity contribution in [3.05, 3.63) is 39.8 Å². The van der Waals surface area contributed by atoms with Crippen LogP contribution in [0.4, 0.5) is 11.5 Å². The lowest BCUT2D eigenvalue weighted by molar-refractivity contribution is 0.415. The van der Waals surface area contributed by atoms with Gasteiger partial charge in [0.15, 0.2) is 0 Å². The minimum atomic E-state index is 0.425. The Morgan fingerprint density at radius 1 is 1.16 bits per heavy atom. The van der Waals surface area contributed by atoms with E-state index in [9.17, 15) is 0 Å². The van der Waals surface area contributed by atoms with Crippen molar-refractivity contribution in [2.75, 3.05) is 12.4 Å². The maximum absolute atomic E-state index is 6.14. The van der Waals surface area contributed by atoms with Crippen molar-refractivity contribution >= 4 is 34.7 Å². The number of ether oxygens (including phenoxy) is 1. The lowest BCUT2D eigenvalue weighted by Gasteiger charge is -2.12. The van der Waals surface area contributed by atoms with E-state index in [-0.39, 0.29) is 0 Å². The molecule has 2 aromatic rings. The smallest absolute Gasteiger partial charge is 0.138 e. The Kier molecular flexibility index (Phi) is 4.12. The Bertz CT molecular complexity index is 617. The van der Waals surface area contributed by atoms with Crippen LogP contribution in [-0.4, -0.2) is 17.1 Å². The van der Waals surface area contributed by atoms with E-state index in [0.29, 0.717) is 33.3 Å². The standard InChI is InChI=1S/C13H13Cl2N3O/c1-7-12(15)16-8(2)17-13(7)18-11-6-9(19-3)4-5-10(11)14/h4-6H,1-3H3,(H,16,17,18). The molecule has 19 heavy (non-hydrogen) atoms. The predicted octanol–water partition coefficient (Wildman–Crippen LogP) is 4.15. The van der Waals surface area contributed by atoms with Gasteiger partial charge in [-0.15, -0.1) is 0 Å². The Morgan fingerprint density at radius 3 is 2.58 bits per heavy atom. The van der Waals surface area contributed by atoms with Crippen LogP contribution in [0.2, 0.25) is 10.2 Å². The molecule has 0 saturated heterocycles. The second kappa shape index (κ2) is 5.63. The number of nitrogens with one attached hydrogen (secondary N) is 1. The van der Waals surface area contributed by atoms with Crippen molar-refractivity contribution in [2.24, 2.45) is 0 Å². The third kappa shape index (κ3) is 3.08. The molecule has 1 aromatic heterocycles. The number of aromatic nitrogens is 2. The molecule has 0 atom stereocenters. The van der Waals surface area contributed by atoms with Gasteiger partial charge in [0.2, 0.25) is 0 Å².